The van der Waals surface area contributed by atoms with E-state index in [0.29, 0.717) is 12.0 Å². The average Bonchev–Trinajstić information content (AvgIpc) is 2.55. The van der Waals surface area contributed by atoms with Crippen molar-refractivity contribution in [3.8, 4) is 0 Å². The number of hydrogen-bond donors (Lipinski definition) is 1. The van der Waals surface area contributed by atoms with Gasteiger partial charge < -0.3 is 9.47 Å². The predicted molar refractivity (Wildman–Crippen MR) is 41.3 cm³/mol. The van der Waals surface area contributed by atoms with E-state index in [9.17, 15) is 0 Å². The third kappa shape index (κ3) is 1.55. The lowest BCUT2D eigenvalue weighted by Crippen LogP contribution is -2.34. The summed E-state index contributed by atoms with van der Waals surface area (Å²) in [6, 6.07) is 0.514. The van der Waals surface area contributed by atoms with Crippen LogP contribution in [-0.4, -0.2) is 32.1 Å². The first-order chi connectivity index (χ1) is 5.36. The Labute approximate surface area is 67.1 Å². The van der Waals surface area contributed by atoms with Gasteiger partial charge in [-0.3, -0.25) is 5.32 Å². The van der Waals surface area contributed by atoms with Crippen molar-refractivity contribution < 1.29 is 9.47 Å². The molecule has 0 amide bonds. The highest BCUT2D eigenvalue weighted by Crippen LogP contribution is 2.20. The maximum atomic E-state index is 5.56. The number of nitrogens with one attached hydrogen (secondary N) is 1. The van der Waals surface area contributed by atoms with Crippen LogP contribution in [0.15, 0.2) is 0 Å². The number of hydrogen-bond acceptors (Lipinski definition) is 3. The largest absolute Gasteiger partial charge is 0.381 e. The van der Waals surface area contributed by atoms with E-state index in [4.69, 9.17) is 9.47 Å². The van der Waals surface area contributed by atoms with Crippen molar-refractivity contribution in [1.29, 1.82) is 0 Å². The fourth-order valence-electron chi connectivity index (χ4n) is 1.69. The van der Waals surface area contributed by atoms with Gasteiger partial charge in [0, 0.05) is 18.6 Å². The van der Waals surface area contributed by atoms with Crippen molar-refractivity contribution in [2.45, 2.75) is 25.6 Å². The van der Waals surface area contributed by atoms with Gasteiger partial charge in [0.15, 0.2) is 0 Å². The molecule has 2 aliphatic rings. The van der Waals surface area contributed by atoms with E-state index in [2.05, 4.69) is 12.2 Å². The van der Waals surface area contributed by atoms with Gasteiger partial charge in [-0.15, -0.1) is 0 Å². The first kappa shape index (κ1) is 7.53. The molecule has 0 spiro atoms. The molecule has 11 heavy (non-hydrogen) atoms. The molecule has 3 atom stereocenters. The molecule has 0 aliphatic carbocycles. The van der Waals surface area contributed by atoms with Crippen molar-refractivity contribution in [3.63, 3.8) is 0 Å². The molecule has 64 valence electrons. The minimum absolute atomic E-state index is 0.257. The molecule has 3 nitrogen and oxygen atoms in total. The minimum atomic E-state index is 0.257. The summed E-state index contributed by atoms with van der Waals surface area (Å²) in [5.41, 5.74) is 0. The van der Waals surface area contributed by atoms with Crippen LogP contribution in [0.3, 0.4) is 0 Å². The first-order valence-corrected chi connectivity index (χ1v) is 4.31. The van der Waals surface area contributed by atoms with E-state index in [-0.39, 0.29) is 6.23 Å². The maximum absolute atomic E-state index is 5.56. The highest BCUT2D eigenvalue weighted by atomic mass is 16.5. The monoisotopic (exact) mass is 157 g/mol. The van der Waals surface area contributed by atoms with E-state index in [1.165, 1.54) is 0 Å². The zero-order chi connectivity index (χ0) is 7.68. The van der Waals surface area contributed by atoms with Crippen molar-refractivity contribution in [2.24, 2.45) is 5.92 Å². The first-order valence-electron chi connectivity index (χ1n) is 4.31. The summed E-state index contributed by atoms with van der Waals surface area (Å²) in [5, 5.41) is 3.39. The normalized spacial score (nSPS) is 45.0. The summed E-state index contributed by atoms with van der Waals surface area (Å²) >= 11 is 0. The van der Waals surface area contributed by atoms with Gasteiger partial charge in [-0.25, -0.2) is 0 Å². The summed E-state index contributed by atoms with van der Waals surface area (Å²) in [7, 11) is 0. The molecule has 3 heteroatoms. The van der Waals surface area contributed by atoms with E-state index in [0.717, 1.165) is 26.2 Å². The lowest BCUT2D eigenvalue weighted by atomic mass is 10.1. The highest BCUT2D eigenvalue weighted by Gasteiger charge is 2.31. The SMILES string of the molecule is CC1COC(C2CCOC2)N1. The molecule has 0 saturated carbocycles. The fourth-order valence-corrected chi connectivity index (χ4v) is 1.69. The molecule has 0 aromatic carbocycles. The van der Waals surface area contributed by atoms with Crippen LogP contribution in [-0.2, 0) is 9.47 Å². The summed E-state index contributed by atoms with van der Waals surface area (Å²) in [5.74, 6) is 0.583. The van der Waals surface area contributed by atoms with Gasteiger partial charge in [-0.2, -0.15) is 0 Å². The van der Waals surface area contributed by atoms with Crippen molar-refractivity contribution >= 4 is 0 Å². The molecule has 3 unspecified atom stereocenters. The van der Waals surface area contributed by atoms with E-state index >= 15 is 0 Å². The zero-order valence-corrected chi connectivity index (χ0v) is 6.88. The van der Waals surface area contributed by atoms with Gasteiger partial charge in [0.25, 0.3) is 0 Å². The lowest BCUT2D eigenvalue weighted by Gasteiger charge is -2.15. The Morgan fingerprint density at radius 2 is 2.27 bits per heavy atom. The van der Waals surface area contributed by atoms with Gasteiger partial charge in [0.2, 0.25) is 0 Å². The molecule has 0 aromatic rings. The number of ether oxygens (including phenoxy) is 2. The topological polar surface area (TPSA) is 30.5 Å². The van der Waals surface area contributed by atoms with Crippen molar-refractivity contribution in [3.05, 3.63) is 0 Å². The van der Waals surface area contributed by atoms with E-state index in [1.54, 1.807) is 0 Å². The minimum Gasteiger partial charge on any atom is -0.381 e. The van der Waals surface area contributed by atoms with E-state index < -0.39 is 0 Å². The lowest BCUT2D eigenvalue weighted by molar-refractivity contribution is 0.0453. The Hall–Kier alpha value is -0.120. The zero-order valence-electron chi connectivity index (χ0n) is 6.88. The Balaban J connectivity index is 1.85. The number of rotatable bonds is 1. The maximum Gasteiger partial charge on any atom is 0.113 e. The molecule has 0 aromatic heterocycles. The summed E-state index contributed by atoms with van der Waals surface area (Å²) in [6.07, 6.45) is 1.40. The molecule has 2 fully saturated rings. The molecular weight excluding hydrogens is 142 g/mol. The Bertz CT molecular complexity index is 134. The Morgan fingerprint density at radius 3 is 2.82 bits per heavy atom. The molecule has 1 N–H and O–H groups in total. The van der Waals surface area contributed by atoms with Crippen LogP contribution in [0.4, 0.5) is 0 Å². The van der Waals surface area contributed by atoms with E-state index in [1.807, 2.05) is 0 Å². The second-order valence-corrected chi connectivity index (χ2v) is 3.45. The third-order valence-electron chi connectivity index (χ3n) is 2.37. The van der Waals surface area contributed by atoms with Crippen LogP contribution in [0.2, 0.25) is 0 Å². The van der Waals surface area contributed by atoms with Crippen molar-refractivity contribution in [1.82, 2.24) is 5.32 Å². The van der Waals surface area contributed by atoms with Gasteiger partial charge in [0.05, 0.1) is 13.2 Å². The van der Waals surface area contributed by atoms with Crippen LogP contribution in [0.5, 0.6) is 0 Å². The Kier molecular flexibility index (Phi) is 2.11. The smallest absolute Gasteiger partial charge is 0.113 e. The van der Waals surface area contributed by atoms with Crippen LogP contribution >= 0.6 is 0 Å². The van der Waals surface area contributed by atoms with Crippen molar-refractivity contribution in [2.75, 3.05) is 19.8 Å². The molecule has 2 rings (SSSR count). The molecule has 2 aliphatic heterocycles. The molecule has 0 radical (unpaired) electrons. The highest BCUT2D eigenvalue weighted by molar-refractivity contribution is 4.79. The molecule has 0 bridgehead atoms. The van der Waals surface area contributed by atoms with Gasteiger partial charge in [-0.1, -0.05) is 0 Å². The predicted octanol–water partition coefficient (Wildman–Crippen LogP) is 0.357. The summed E-state index contributed by atoms with van der Waals surface area (Å²) in [6.45, 7) is 4.77. The fraction of sp³-hybridized carbons (Fsp3) is 1.00. The van der Waals surface area contributed by atoms with Crippen LogP contribution in [0, 0.1) is 5.92 Å². The van der Waals surface area contributed by atoms with Crippen LogP contribution < -0.4 is 5.32 Å². The third-order valence-corrected chi connectivity index (χ3v) is 2.37. The summed E-state index contributed by atoms with van der Waals surface area (Å²) in [4.78, 5) is 0. The van der Waals surface area contributed by atoms with Gasteiger partial charge in [-0.05, 0) is 13.3 Å². The molecule has 2 heterocycles. The Morgan fingerprint density at radius 1 is 1.36 bits per heavy atom. The second-order valence-electron chi connectivity index (χ2n) is 3.45. The van der Waals surface area contributed by atoms with Crippen LogP contribution in [0.1, 0.15) is 13.3 Å². The molecular formula is C8H15NO2. The quantitative estimate of drug-likeness (QED) is 0.596. The van der Waals surface area contributed by atoms with Gasteiger partial charge in [0.1, 0.15) is 6.23 Å². The van der Waals surface area contributed by atoms with Crippen LogP contribution in [0.25, 0.3) is 0 Å². The average molecular weight is 157 g/mol. The second kappa shape index (κ2) is 3.09. The molecule has 2 saturated heterocycles. The standard InChI is InChI=1S/C8H15NO2/c1-6-4-11-8(9-6)7-2-3-10-5-7/h6-9H,2-5H2,1H3. The summed E-state index contributed by atoms with van der Waals surface area (Å²) < 4.78 is 10.8. The van der Waals surface area contributed by atoms with Gasteiger partial charge >= 0.3 is 0 Å².